The molecule has 1 N–H and O–H groups in total. The van der Waals surface area contributed by atoms with Crippen LogP contribution in [0.2, 0.25) is 0 Å². The Morgan fingerprint density at radius 1 is 1.37 bits per heavy atom. The van der Waals surface area contributed by atoms with E-state index in [-0.39, 0.29) is 24.0 Å². The van der Waals surface area contributed by atoms with Crippen LogP contribution in [-0.2, 0) is 14.3 Å². The number of nitrogens with one attached hydrogen (secondary N) is 1. The van der Waals surface area contributed by atoms with Crippen molar-refractivity contribution >= 4 is 11.8 Å². The van der Waals surface area contributed by atoms with E-state index in [1.807, 2.05) is 4.90 Å². The van der Waals surface area contributed by atoms with Gasteiger partial charge in [0.2, 0.25) is 11.8 Å². The summed E-state index contributed by atoms with van der Waals surface area (Å²) in [6.45, 7) is 4.48. The molecule has 2 heterocycles. The molecule has 0 aromatic carbocycles. The Balaban J connectivity index is 1.52. The second-order valence-electron chi connectivity index (χ2n) is 6.35. The van der Waals surface area contributed by atoms with Crippen molar-refractivity contribution in [2.75, 3.05) is 26.2 Å². The van der Waals surface area contributed by atoms with Crippen molar-refractivity contribution in [2.24, 2.45) is 11.8 Å². The first-order valence-electron chi connectivity index (χ1n) is 7.27. The van der Waals surface area contributed by atoms with Crippen molar-refractivity contribution in [3.05, 3.63) is 0 Å². The molecule has 1 saturated carbocycles. The molecule has 0 radical (unpaired) electrons. The number of piperidine rings is 1. The molecule has 0 aromatic heterocycles. The first-order valence-corrected chi connectivity index (χ1v) is 7.27. The summed E-state index contributed by atoms with van der Waals surface area (Å²) < 4.78 is 5.71. The maximum absolute atomic E-state index is 12.3. The smallest absolute Gasteiger partial charge is 0.246 e. The number of morpholine rings is 1. The van der Waals surface area contributed by atoms with E-state index < -0.39 is 0 Å². The zero-order chi connectivity index (χ0) is 13.5. The van der Waals surface area contributed by atoms with Crippen LogP contribution in [0.4, 0.5) is 0 Å². The highest BCUT2D eigenvalue weighted by atomic mass is 16.5. The number of hydrogen-bond donors (Lipinski definition) is 1. The van der Waals surface area contributed by atoms with Gasteiger partial charge in [0, 0.05) is 25.6 Å². The monoisotopic (exact) mass is 266 g/mol. The van der Waals surface area contributed by atoms with E-state index in [2.05, 4.69) is 12.2 Å². The summed E-state index contributed by atoms with van der Waals surface area (Å²) in [5.74, 6) is 1.26. The molecule has 0 bridgehead atoms. The second kappa shape index (κ2) is 4.78. The van der Waals surface area contributed by atoms with Crippen LogP contribution in [-0.4, -0.2) is 48.6 Å². The van der Waals surface area contributed by atoms with Gasteiger partial charge in [-0.15, -0.1) is 0 Å². The summed E-state index contributed by atoms with van der Waals surface area (Å²) >= 11 is 0. The zero-order valence-electron chi connectivity index (χ0n) is 11.5. The van der Waals surface area contributed by atoms with Gasteiger partial charge in [-0.3, -0.25) is 9.59 Å². The Bertz CT molecular complexity index is 370. The molecular formula is C14H22N2O3. The molecule has 3 aliphatic rings. The molecule has 5 nitrogen and oxygen atoms in total. The van der Waals surface area contributed by atoms with Crippen molar-refractivity contribution in [1.29, 1.82) is 0 Å². The lowest BCUT2D eigenvalue weighted by Gasteiger charge is -2.45. The van der Waals surface area contributed by atoms with E-state index in [4.69, 9.17) is 4.74 Å². The minimum atomic E-state index is -0.225. The van der Waals surface area contributed by atoms with E-state index in [1.165, 1.54) is 0 Å². The van der Waals surface area contributed by atoms with Gasteiger partial charge < -0.3 is 15.0 Å². The van der Waals surface area contributed by atoms with Gasteiger partial charge in [-0.25, -0.2) is 0 Å². The lowest BCUT2D eigenvalue weighted by Crippen LogP contribution is -2.58. The fourth-order valence-corrected chi connectivity index (χ4v) is 3.40. The molecule has 3 rings (SSSR count). The third-order valence-corrected chi connectivity index (χ3v) is 4.83. The molecule has 2 aliphatic heterocycles. The minimum Gasteiger partial charge on any atom is -0.363 e. The quantitative estimate of drug-likeness (QED) is 0.753. The molecule has 106 valence electrons. The number of carbonyl (C=O) groups excluding carboxylic acids is 2. The van der Waals surface area contributed by atoms with E-state index in [1.54, 1.807) is 0 Å². The maximum atomic E-state index is 12.3. The summed E-state index contributed by atoms with van der Waals surface area (Å²) in [5.41, 5.74) is -0.225. The van der Waals surface area contributed by atoms with Gasteiger partial charge in [0.25, 0.3) is 0 Å². The van der Waals surface area contributed by atoms with Crippen LogP contribution in [0.25, 0.3) is 0 Å². The summed E-state index contributed by atoms with van der Waals surface area (Å²) in [6, 6.07) is 0. The van der Waals surface area contributed by atoms with Gasteiger partial charge in [0.05, 0.1) is 5.60 Å². The number of rotatable bonds is 1. The molecule has 0 aromatic rings. The fraction of sp³-hybridized carbons (Fsp3) is 0.857. The Morgan fingerprint density at radius 2 is 2.05 bits per heavy atom. The Morgan fingerprint density at radius 3 is 2.58 bits per heavy atom. The Hall–Kier alpha value is -1.10. The topological polar surface area (TPSA) is 58.6 Å². The van der Waals surface area contributed by atoms with Crippen molar-refractivity contribution in [3.8, 4) is 0 Å². The van der Waals surface area contributed by atoms with E-state index in [9.17, 15) is 9.59 Å². The number of amides is 2. The van der Waals surface area contributed by atoms with E-state index in [0.29, 0.717) is 18.4 Å². The number of nitrogens with zero attached hydrogens (tertiary/aromatic N) is 1. The van der Waals surface area contributed by atoms with Crippen LogP contribution in [0.3, 0.4) is 0 Å². The van der Waals surface area contributed by atoms with Gasteiger partial charge >= 0.3 is 0 Å². The molecular weight excluding hydrogens is 244 g/mol. The highest BCUT2D eigenvalue weighted by molar-refractivity contribution is 5.80. The second-order valence-corrected chi connectivity index (χ2v) is 6.35. The summed E-state index contributed by atoms with van der Waals surface area (Å²) in [4.78, 5) is 25.4. The van der Waals surface area contributed by atoms with Crippen molar-refractivity contribution in [2.45, 2.75) is 38.2 Å². The molecule has 1 aliphatic carbocycles. The molecule has 3 fully saturated rings. The lowest BCUT2D eigenvalue weighted by molar-refractivity contribution is -0.157. The summed E-state index contributed by atoms with van der Waals surface area (Å²) in [6.07, 6.45) is 3.77. The fourth-order valence-electron chi connectivity index (χ4n) is 3.40. The van der Waals surface area contributed by atoms with Gasteiger partial charge in [-0.05, 0) is 31.6 Å². The lowest BCUT2D eigenvalue weighted by atomic mass is 9.75. The molecule has 19 heavy (non-hydrogen) atoms. The number of ether oxygens (including phenoxy) is 1. The van der Waals surface area contributed by atoms with Crippen LogP contribution in [0, 0.1) is 11.8 Å². The average Bonchev–Trinajstić information content (AvgIpc) is 2.39. The molecule has 0 atom stereocenters. The van der Waals surface area contributed by atoms with Crippen LogP contribution >= 0.6 is 0 Å². The first kappa shape index (κ1) is 12.9. The van der Waals surface area contributed by atoms with E-state index >= 15 is 0 Å². The number of likely N-dealkylation sites (tertiary alicyclic amines) is 1. The predicted octanol–water partition coefficient (Wildman–Crippen LogP) is 0.540. The third kappa shape index (κ3) is 2.48. The highest BCUT2D eigenvalue weighted by Gasteiger charge is 2.42. The SMILES string of the molecule is CC1CC(C(=O)N2CCC3(CC2)CNC(=O)CO3)C1. The number of hydrogen-bond acceptors (Lipinski definition) is 3. The molecule has 5 heteroatoms. The Kier molecular flexibility index (Phi) is 3.25. The average molecular weight is 266 g/mol. The van der Waals surface area contributed by atoms with Crippen LogP contribution in [0.1, 0.15) is 32.6 Å². The van der Waals surface area contributed by atoms with Gasteiger partial charge in [-0.2, -0.15) is 0 Å². The summed E-state index contributed by atoms with van der Waals surface area (Å²) in [7, 11) is 0. The number of carbonyl (C=O) groups is 2. The zero-order valence-corrected chi connectivity index (χ0v) is 11.5. The molecule has 2 saturated heterocycles. The minimum absolute atomic E-state index is 0.0346. The van der Waals surface area contributed by atoms with Crippen LogP contribution in [0.5, 0.6) is 0 Å². The van der Waals surface area contributed by atoms with Gasteiger partial charge in [-0.1, -0.05) is 6.92 Å². The third-order valence-electron chi connectivity index (χ3n) is 4.83. The Labute approximate surface area is 113 Å². The van der Waals surface area contributed by atoms with Gasteiger partial charge in [0.15, 0.2) is 0 Å². The maximum Gasteiger partial charge on any atom is 0.246 e. The van der Waals surface area contributed by atoms with Crippen molar-refractivity contribution in [3.63, 3.8) is 0 Å². The van der Waals surface area contributed by atoms with Crippen LogP contribution < -0.4 is 5.32 Å². The summed E-state index contributed by atoms with van der Waals surface area (Å²) in [5, 5.41) is 2.87. The standard InChI is InChI=1S/C14H22N2O3/c1-10-6-11(7-10)13(18)16-4-2-14(3-5-16)9-15-12(17)8-19-14/h10-11H,2-9H2,1H3,(H,15,17). The highest BCUT2D eigenvalue weighted by Crippen LogP contribution is 2.36. The molecule has 0 unspecified atom stereocenters. The van der Waals surface area contributed by atoms with Crippen molar-refractivity contribution < 1.29 is 14.3 Å². The van der Waals surface area contributed by atoms with Gasteiger partial charge in [0.1, 0.15) is 6.61 Å². The van der Waals surface area contributed by atoms with E-state index in [0.717, 1.165) is 38.8 Å². The van der Waals surface area contributed by atoms with Crippen molar-refractivity contribution in [1.82, 2.24) is 10.2 Å². The van der Waals surface area contributed by atoms with Crippen LogP contribution in [0.15, 0.2) is 0 Å². The predicted molar refractivity (Wildman–Crippen MR) is 69.4 cm³/mol. The normalized spacial score (nSPS) is 33.7. The largest absolute Gasteiger partial charge is 0.363 e. The molecule has 2 amide bonds. The first-order chi connectivity index (χ1) is 9.08. The molecule has 1 spiro atoms.